The first-order valence-corrected chi connectivity index (χ1v) is 10.2. The van der Waals surface area contributed by atoms with Gasteiger partial charge in [-0.25, -0.2) is 8.78 Å². The minimum Gasteiger partial charge on any atom is -0.450 e. The Morgan fingerprint density at radius 2 is 1.69 bits per heavy atom. The second-order valence-corrected chi connectivity index (χ2v) is 8.11. The van der Waals surface area contributed by atoms with E-state index in [1.165, 1.54) is 23.1 Å². The van der Waals surface area contributed by atoms with E-state index in [1.54, 1.807) is 36.4 Å². The second kappa shape index (κ2) is 7.41. The molecule has 32 heavy (non-hydrogen) atoms. The lowest BCUT2D eigenvalue weighted by molar-refractivity contribution is 0.0712. The summed E-state index contributed by atoms with van der Waals surface area (Å²) in [5.74, 6) is -1.51. The lowest BCUT2D eigenvalue weighted by Gasteiger charge is -2.25. The van der Waals surface area contributed by atoms with Gasteiger partial charge in [0.05, 0.1) is 17.0 Å². The molecule has 6 heteroatoms. The monoisotopic (exact) mass is 431 g/mol. The largest absolute Gasteiger partial charge is 0.450 e. The van der Waals surface area contributed by atoms with E-state index in [9.17, 15) is 18.4 Å². The van der Waals surface area contributed by atoms with Gasteiger partial charge < -0.3 is 9.32 Å². The van der Waals surface area contributed by atoms with E-state index in [4.69, 9.17) is 4.42 Å². The quantitative estimate of drug-likeness (QED) is 0.434. The smallest absolute Gasteiger partial charge is 0.291 e. The van der Waals surface area contributed by atoms with Crippen molar-refractivity contribution in [3.8, 4) is 0 Å². The topological polar surface area (TPSA) is 50.5 Å². The Morgan fingerprint density at radius 1 is 0.969 bits per heavy atom. The first-order valence-electron chi connectivity index (χ1n) is 10.2. The molecule has 3 aromatic carbocycles. The van der Waals surface area contributed by atoms with E-state index < -0.39 is 23.6 Å². The molecule has 4 aromatic rings. The molecule has 5 rings (SSSR count). The van der Waals surface area contributed by atoms with Gasteiger partial charge in [-0.2, -0.15) is 0 Å². The molecular formula is C26H19F2NO3. The first-order chi connectivity index (χ1) is 15.3. The van der Waals surface area contributed by atoms with Gasteiger partial charge in [-0.05, 0) is 54.8 Å². The van der Waals surface area contributed by atoms with Crippen molar-refractivity contribution in [2.75, 3.05) is 0 Å². The number of carbonyl (C=O) groups is 1. The average Bonchev–Trinajstić information content (AvgIpc) is 3.01. The maximum atomic E-state index is 14.9. The van der Waals surface area contributed by atoms with Crippen LogP contribution in [-0.2, 0) is 6.54 Å². The van der Waals surface area contributed by atoms with Crippen LogP contribution in [0, 0.1) is 25.5 Å². The predicted octanol–water partition coefficient (Wildman–Crippen LogP) is 5.43. The molecule has 1 aliphatic heterocycles. The Morgan fingerprint density at radius 3 is 2.41 bits per heavy atom. The fraction of sp³-hybridized carbons (Fsp3) is 0.154. The highest BCUT2D eigenvalue weighted by Gasteiger charge is 2.43. The van der Waals surface area contributed by atoms with Crippen molar-refractivity contribution in [3.05, 3.63) is 116 Å². The van der Waals surface area contributed by atoms with E-state index in [2.05, 4.69) is 0 Å². The summed E-state index contributed by atoms with van der Waals surface area (Å²) < 4.78 is 34.2. The molecule has 1 aliphatic rings. The molecule has 0 N–H and O–H groups in total. The third-order valence-corrected chi connectivity index (χ3v) is 5.88. The molecule has 1 amide bonds. The normalized spacial score (nSPS) is 15.4. The molecule has 0 spiro atoms. The first kappa shape index (κ1) is 20.1. The van der Waals surface area contributed by atoms with Gasteiger partial charge in [-0.15, -0.1) is 0 Å². The summed E-state index contributed by atoms with van der Waals surface area (Å²) in [5.41, 5.74) is 2.60. The Balaban J connectivity index is 1.76. The van der Waals surface area contributed by atoms with Crippen LogP contribution in [0.1, 0.15) is 44.4 Å². The third kappa shape index (κ3) is 3.11. The minimum absolute atomic E-state index is 0.0656. The molecule has 0 bridgehead atoms. The summed E-state index contributed by atoms with van der Waals surface area (Å²) in [6, 6.07) is 14.4. The van der Waals surface area contributed by atoms with Gasteiger partial charge in [0.25, 0.3) is 5.91 Å². The van der Waals surface area contributed by atoms with Crippen LogP contribution < -0.4 is 5.43 Å². The van der Waals surface area contributed by atoms with Crippen LogP contribution in [0.15, 0.2) is 69.9 Å². The fourth-order valence-corrected chi connectivity index (χ4v) is 4.48. The molecule has 0 aliphatic carbocycles. The van der Waals surface area contributed by atoms with Crippen molar-refractivity contribution >= 4 is 16.9 Å². The van der Waals surface area contributed by atoms with Gasteiger partial charge in [0.1, 0.15) is 17.2 Å². The summed E-state index contributed by atoms with van der Waals surface area (Å²) in [5, 5.41) is 0.382. The van der Waals surface area contributed by atoms with Crippen LogP contribution in [0.5, 0.6) is 0 Å². The molecule has 4 nitrogen and oxygen atoms in total. The Bertz CT molecular complexity index is 1440. The standard InChI is InChI=1S/C26H19F2NO3/c1-14-11-15(2)21-20(12-14)32-25-22(24(21)30)23(18-5-3-4-6-19(18)28)29(26(25)31)13-16-7-9-17(27)10-8-16/h3-12,23H,13H2,1-2H3. The maximum Gasteiger partial charge on any atom is 0.291 e. The highest BCUT2D eigenvalue weighted by molar-refractivity contribution is 5.99. The number of hydrogen-bond donors (Lipinski definition) is 0. The average molecular weight is 431 g/mol. The van der Waals surface area contributed by atoms with Crippen molar-refractivity contribution < 1.29 is 18.0 Å². The maximum absolute atomic E-state index is 14.9. The Labute approximate surface area is 182 Å². The minimum atomic E-state index is -0.954. The Kier molecular flexibility index (Phi) is 4.66. The van der Waals surface area contributed by atoms with Gasteiger partial charge >= 0.3 is 0 Å². The number of hydrogen-bond acceptors (Lipinski definition) is 3. The van der Waals surface area contributed by atoms with Crippen LogP contribution >= 0.6 is 0 Å². The van der Waals surface area contributed by atoms with Crippen molar-refractivity contribution in [3.63, 3.8) is 0 Å². The second-order valence-electron chi connectivity index (χ2n) is 8.11. The number of amides is 1. The molecule has 1 atom stereocenters. The number of fused-ring (bicyclic) bond motifs is 2. The zero-order valence-corrected chi connectivity index (χ0v) is 17.5. The summed E-state index contributed by atoms with van der Waals surface area (Å²) >= 11 is 0. The van der Waals surface area contributed by atoms with Gasteiger partial charge in [0.15, 0.2) is 5.43 Å². The Hall–Kier alpha value is -3.80. The van der Waals surface area contributed by atoms with Crippen molar-refractivity contribution in [1.82, 2.24) is 4.90 Å². The summed E-state index contributed by atoms with van der Waals surface area (Å²) in [7, 11) is 0. The molecular weight excluding hydrogens is 412 g/mol. The highest BCUT2D eigenvalue weighted by Crippen LogP contribution is 2.40. The highest BCUT2D eigenvalue weighted by atomic mass is 19.1. The number of nitrogens with zero attached hydrogens (tertiary/aromatic N) is 1. The van der Waals surface area contributed by atoms with E-state index in [1.807, 2.05) is 19.9 Å². The molecule has 0 radical (unpaired) electrons. The molecule has 0 saturated carbocycles. The zero-order chi connectivity index (χ0) is 22.6. The van der Waals surface area contributed by atoms with E-state index >= 15 is 0 Å². The van der Waals surface area contributed by atoms with Crippen LogP contribution in [0.25, 0.3) is 11.0 Å². The van der Waals surface area contributed by atoms with Gasteiger partial charge in [-0.1, -0.05) is 36.4 Å². The molecule has 160 valence electrons. The fourth-order valence-electron chi connectivity index (χ4n) is 4.48. The summed E-state index contributed by atoms with van der Waals surface area (Å²) in [6.07, 6.45) is 0. The molecule has 0 saturated heterocycles. The molecule has 1 aromatic heterocycles. The number of rotatable bonds is 3. The van der Waals surface area contributed by atoms with Gasteiger partial charge in [0.2, 0.25) is 5.76 Å². The number of halogens is 2. The van der Waals surface area contributed by atoms with E-state index in [0.29, 0.717) is 16.5 Å². The molecule has 2 heterocycles. The van der Waals surface area contributed by atoms with E-state index in [0.717, 1.165) is 11.1 Å². The van der Waals surface area contributed by atoms with Crippen LogP contribution in [0.4, 0.5) is 8.78 Å². The lowest BCUT2D eigenvalue weighted by atomic mass is 9.96. The third-order valence-electron chi connectivity index (χ3n) is 5.88. The van der Waals surface area contributed by atoms with Crippen molar-refractivity contribution in [2.24, 2.45) is 0 Å². The van der Waals surface area contributed by atoms with Crippen LogP contribution in [0.3, 0.4) is 0 Å². The molecule has 0 fully saturated rings. The van der Waals surface area contributed by atoms with Crippen molar-refractivity contribution in [1.29, 1.82) is 0 Å². The zero-order valence-electron chi connectivity index (χ0n) is 17.5. The summed E-state index contributed by atoms with van der Waals surface area (Å²) in [4.78, 5) is 28.5. The molecule has 1 unspecified atom stereocenters. The van der Waals surface area contributed by atoms with Gasteiger partial charge in [-0.3, -0.25) is 9.59 Å². The predicted molar refractivity (Wildman–Crippen MR) is 116 cm³/mol. The van der Waals surface area contributed by atoms with E-state index in [-0.39, 0.29) is 28.9 Å². The lowest BCUT2D eigenvalue weighted by Crippen LogP contribution is -2.29. The van der Waals surface area contributed by atoms with Gasteiger partial charge in [0, 0.05) is 12.1 Å². The number of benzene rings is 3. The van der Waals surface area contributed by atoms with Crippen LogP contribution in [-0.4, -0.2) is 10.8 Å². The summed E-state index contributed by atoms with van der Waals surface area (Å²) in [6.45, 7) is 3.75. The number of carbonyl (C=O) groups excluding carboxylic acids is 1. The van der Waals surface area contributed by atoms with Crippen LogP contribution in [0.2, 0.25) is 0 Å². The SMILES string of the molecule is Cc1cc(C)c2c(=O)c3c(oc2c1)C(=O)N(Cc1ccc(F)cc1)C3c1ccccc1F. The van der Waals surface area contributed by atoms with Crippen molar-refractivity contribution in [2.45, 2.75) is 26.4 Å². The number of aryl methyl sites for hydroxylation is 2.